The zero-order valence-electron chi connectivity index (χ0n) is 11.4. The Balaban J connectivity index is 2.45. The molecule has 8 heteroatoms. The van der Waals surface area contributed by atoms with Crippen LogP contribution in [-0.4, -0.2) is 42.9 Å². The van der Waals surface area contributed by atoms with Gasteiger partial charge in [0.25, 0.3) is 0 Å². The topological polar surface area (TPSA) is 91.4 Å². The zero-order valence-corrected chi connectivity index (χ0v) is 11.4. The van der Waals surface area contributed by atoms with Gasteiger partial charge in [-0.25, -0.2) is 9.07 Å². The van der Waals surface area contributed by atoms with Crippen molar-refractivity contribution in [3.8, 4) is 0 Å². The molecule has 0 fully saturated rings. The SMILES string of the molecule is CCC(O)(CC)Cn1nnc2cc(B(O)O)c(F)cc21. The van der Waals surface area contributed by atoms with Crippen LogP contribution in [0.1, 0.15) is 26.7 Å². The van der Waals surface area contributed by atoms with Crippen LogP contribution < -0.4 is 5.46 Å². The van der Waals surface area contributed by atoms with Crippen LogP contribution in [0.3, 0.4) is 0 Å². The zero-order chi connectivity index (χ0) is 14.9. The maximum Gasteiger partial charge on any atom is 0.491 e. The summed E-state index contributed by atoms with van der Waals surface area (Å²) in [5.41, 5.74) is -0.409. The van der Waals surface area contributed by atoms with Crippen LogP contribution in [0.4, 0.5) is 4.39 Å². The highest BCUT2D eigenvalue weighted by molar-refractivity contribution is 6.59. The molecule has 2 rings (SSSR count). The highest BCUT2D eigenvalue weighted by Gasteiger charge is 2.25. The van der Waals surface area contributed by atoms with Gasteiger partial charge < -0.3 is 15.2 Å². The van der Waals surface area contributed by atoms with Gasteiger partial charge in [-0.3, -0.25) is 0 Å². The van der Waals surface area contributed by atoms with E-state index in [-0.39, 0.29) is 12.0 Å². The summed E-state index contributed by atoms with van der Waals surface area (Å²) in [4.78, 5) is 0. The van der Waals surface area contributed by atoms with E-state index in [2.05, 4.69) is 10.3 Å². The number of halogens is 1. The standard InChI is InChI=1S/C12H17BFN3O3/c1-3-12(18,4-2)7-17-11-6-9(14)8(13(19)20)5-10(11)15-16-17/h5-6,18-20H,3-4,7H2,1-2H3. The highest BCUT2D eigenvalue weighted by atomic mass is 19.1. The molecule has 0 unspecified atom stereocenters. The third-order valence-corrected chi connectivity index (χ3v) is 3.67. The van der Waals surface area contributed by atoms with Gasteiger partial charge in [0.15, 0.2) is 0 Å². The van der Waals surface area contributed by atoms with E-state index in [1.165, 1.54) is 10.7 Å². The van der Waals surface area contributed by atoms with Gasteiger partial charge in [-0.15, -0.1) is 5.10 Å². The Bertz CT molecular complexity index is 613. The summed E-state index contributed by atoms with van der Waals surface area (Å²) in [5.74, 6) is -0.743. The molecule has 0 aliphatic carbocycles. The van der Waals surface area contributed by atoms with Crippen molar-refractivity contribution >= 4 is 23.6 Å². The third kappa shape index (κ3) is 2.67. The summed E-state index contributed by atoms with van der Waals surface area (Å²) in [6, 6.07) is 2.39. The number of hydrogen-bond donors (Lipinski definition) is 3. The van der Waals surface area contributed by atoms with Crippen molar-refractivity contribution in [2.75, 3.05) is 0 Å². The van der Waals surface area contributed by atoms with E-state index < -0.39 is 18.5 Å². The minimum atomic E-state index is -1.90. The molecular formula is C12H17BFN3O3. The van der Waals surface area contributed by atoms with Crippen molar-refractivity contribution in [2.45, 2.75) is 38.8 Å². The minimum absolute atomic E-state index is 0.205. The first kappa shape index (κ1) is 14.9. The van der Waals surface area contributed by atoms with E-state index >= 15 is 0 Å². The van der Waals surface area contributed by atoms with Gasteiger partial charge in [-0.1, -0.05) is 19.1 Å². The molecule has 1 aromatic heterocycles. The number of hydrogen-bond acceptors (Lipinski definition) is 5. The lowest BCUT2D eigenvalue weighted by molar-refractivity contribution is 0.0125. The Morgan fingerprint density at radius 1 is 1.30 bits per heavy atom. The number of benzene rings is 1. The fourth-order valence-corrected chi connectivity index (χ4v) is 2.07. The van der Waals surface area contributed by atoms with Gasteiger partial charge in [0, 0.05) is 11.5 Å². The molecule has 20 heavy (non-hydrogen) atoms. The summed E-state index contributed by atoms with van der Waals surface area (Å²) >= 11 is 0. The lowest BCUT2D eigenvalue weighted by Gasteiger charge is -2.24. The molecule has 0 aliphatic heterocycles. The predicted molar refractivity (Wildman–Crippen MR) is 72.8 cm³/mol. The summed E-state index contributed by atoms with van der Waals surface area (Å²) in [5, 5.41) is 36.2. The van der Waals surface area contributed by atoms with Crippen molar-refractivity contribution in [2.24, 2.45) is 0 Å². The fourth-order valence-electron chi connectivity index (χ4n) is 2.07. The first-order chi connectivity index (χ1) is 9.40. The van der Waals surface area contributed by atoms with Crippen LogP contribution in [0, 0.1) is 5.82 Å². The molecule has 0 aliphatic rings. The van der Waals surface area contributed by atoms with Crippen molar-refractivity contribution < 1.29 is 19.5 Å². The molecule has 3 N–H and O–H groups in total. The summed E-state index contributed by atoms with van der Waals surface area (Å²) in [7, 11) is -1.90. The Morgan fingerprint density at radius 2 is 1.95 bits per heavy atom. The third-order valence-electron chi connectivity index (χ3n) is 3.67. The van der Waals surface area contributed by atoms with Crippen molar-refractivity contribution in [1.29, 1.82) is 0 Å². The number of rotatable bonds is 5. The summed E-state index contributed by atoms with van der Waals surface area (Å²) in [6.45, 7) is 3.93. The fraction of sp³-hybridized carbons (Fsp3) is 0.500. The molecule has 0 spiro atoms. The maximum atomic E-state index is 13.8. The van der Waals surface area contributed by atoms with Gasteiger partial charge in [0.2, 0.25) is 0 Å². The van der Waals surface area contributed by atoms with E-state index in [1.807, 2.05) is 13.8 Å². The number of nitrogens with zero attached hydrogens (tertiary/aromatic N) is 3. The molecule has 0 atom stereocenters. The molecule has 0 amide bonds. The summed E-state index contributed by atoms with van der Waals surface area (Å²) < 4.78 is 15.2. The normalized spacial score (nSPS) is 12.1. The van der Waals surface area contributed by atoms with Crippen molar-refractivity contribution in [1.82, 2.24) is 15.0 Å². The summed E-state index contributed by atoms with van der Waals surface area (Å²) in [6.07, 6.45) is 1.08. The first-order valence-corrected chi connectivity index (χ1v) is 6.51. The van der Waals surface area contributed by atoms with Crippen molar-refractivity contribution in [3.63, 3.8) is 0 Å². The second kappa shape index (κ2) is 5.47. The Labute approximate surface area is 116 Å². The average molecular weight is 281 g/mol. The molecule has 0 radical (unpaired) electrons. The average Bonchev–Trinajstić information content (AvgIpc) is 2.79. The van der Waals surface area contributed by atoms with Gasteiger partial charge in [0.05, 0.1) is 17.7 Å². The van der Waals surface area contributed by atoms with Crippen molar-refractivity contribution in [3.05, 3.63) is 17.9 Å². The minimum Gasteiger partial charge on any atom is -0.423 e. The second-order valence-corrected chi connectivity index (χ2v) is 4.91. The predicted octanol–water partition coefficient (Wildman–Crippen LogP) is -0.199. The Kier molecular flexibility index (Phi) is 4.07. The molecule has 1 heterocycles. The van der Waals surface area contributed by atoms with Gasteiger partial charge in [0.1, 0.15) is 11.3 Å². The molecule has 0 bridgehead atoms. The number of aromatic nitrogens is 3. The van der Waals surface area contributed by atoms with Gasteiger partial charge in [-0.2, -0.15) is 0 Å². The van der Waals surface area contributed by atoms with Crippen LogP contribution in [-0.2, 0) is 6.54 Å². The second-order valence-electron chi connectivity index (χ2n) is 4.91. The van der Waals surface area contributed by atoms with Gasteiger partial charge in [-0.05, 0) is 18.9 Å². The molecule has 1 aromatic carbocycles. The molecule has 2 aromatic rings. The number of aliphatic hydroxyl groups is 1. The van der Waals surface area contributed by atoms with Crippen LogP contribution in [0.5, 0.6) is 0 Å². The van der Waals surface area contributed by atoms with E-state index in [1.54, 1.807) is 0 Å². The monoisotopic (exact) mass is 281 g/mol. The lowest BCUT2D eigenvalue weighted by atomic mass is 9.79. The number of fused-ring (bicyclic) bond motifs is 1. The quantitative estimate of drug-likeness (QED) is 0.660. The van der Waals surface area contributed by atoms with E-state index in [0.717, 1.165) is 6.07 Å². The van der Waals surface area contributed by atoms with Crippen LogP contribution >= 0.6 is 0 Å². The largest absolute Gasteiger partial charge is 0.491 e. The molecule has 0 saturated carbocycles. The Morgan fingerprint density at radius 3 is 2.50 bits per heavy atom. The van der Waals surface area contributed by atoms with E-state index in [9.17, 15) is 9.50 Å². The van der Waals surface area contributed by atoms with Crippen LogP contribution in [0.2, 0.25) is 0 Å². The molecule has 6 nitrogen and oxygen atoms in total. The smallest absolute Gasteiger partial charge is 0.423 e. The first-order valence-electron chi connectivity index (χ1n) is 6.51. The van der Waals surface area contributed by atoms with Gasteiger partial charge >= 0.3 is 7.12 Å². The molecule has 108 valence electrons. The highest BCUT2D eigenvalue weighted by Crippen LogP contribution is 2.20. The molecular weight excluding hydrogens is 264 g/mol. The molecule has 0 saturated heterocycles. The lowest BCUT2D eigenvalue weighted by Crippen LogP contribution is -2.34. The van der Waals surface area contributed by atoms with Crippen LogP contribution in [0.15, 0.2) is 12.1 Å². The maximum absolute atomic E-state index is 13.8. The Hall–Kier alpha value is -1.51. The van der Waals surface area contributed by atoms with E-state index in [4.69, 9.17) is 10.0 Å². The van der Waals surface area contributed by atoms with Crippen LogP contribution in [0.25, 0.3) is 11.0 Å². The van der Waals surface area contributed by atoms with E-state index in [0.29, 0.717) is 23.9 Å².